The molecule has 0 aromatic heterocycles. The fraction of sp³-hybridized carbons (Fsp3) is 0.600. The first-order valence-corrected chi connectivity index (χ1v) is 6.77. The Bertz CT molecular complexity index is 334. The van der Waals surface area contributed by atoms with Crippen molar-refractivity contribution in [3.05, 3.63) is 35.9 Å². The van der Waals surface area contributed by atoms with Crippen LogP contribution in [0, 0.1) is 0 Å². The SMILES string of the molecule is COC1CCN(CCC(O)c2ccccc2)CC1. The molecule has 1 aliphatic heterocycles. The van der Waals surface area contributed by atoms with Gasteiger partial charge >= 0.3 is 0 Å². The van der Waals surface area contributed by atoms with Gasteiger partial charge in [-0.1, -0.05) is 30.3 Å². The minimum absolute atomic E-state index is 0.341. The van der Waals surface area contributed by atoms with E-state index in [2.05, 4.69) is 4.90 Å². The van der Waals surface area contributed by atoms with Gasteiger partial charge in [-0.05, 0) is 24.8 Å². The van der Waals surface area contributed by atoms with Gasteiger partial charge in [-0.25, -0.2) is 0 Å². The zero-order valence-corrected chi connectivity index (χ0v) is 11.1. The van der Waals surface area contributed by atoms with Crippen molar-refractivity contribution in [1.82, 2.24) is 4.90 Å². The normalized spacial score (nSPS) is 19.9. The van der Waals surface area contributed by atoms with Gasteiger partial charge in [-0.2, -0.15) is 0 Å². The van der Waals surface area contributed by atoms with Crippen LogP contribution >= 0.6 is 0 Å². The van der Waals surface area contributed by atoms with Crippen LogP contribution in [0.4, 0.5) is 0 Å². The molecule has 0 bridgehead atoms. The molecule has 1 aromatic carbocycles. The molecule has 0 amide bonds. The molecule has 1 unspecified atom stereocenters. The second-order valence-corrected chi connectivity index (χ2v) is 4.99. The molecule has 0 saturated carbocycles. The van der Waals surface area contributed by atoms with Gasteiger partial charge in [0.05, 0.1) is 12.2 Å². The van der Waals surface area contributed by atoms with Gasteiger partial charge in [-0.15, -0.1) is 0 Å². The van der Waals surface area contributed by atoms with Gasteiger partial charge in [0.1, 0.15) is 0 Å². The van der Waals surface area contributed by atoms with Crippen molar-refractivity contribution in [2.45, 2.75) is 31.5 Å². The van der Waals surface area contributed by atoms with E-state index in [0.717, 1.165) is 44.5 Å². The first kappa shape index (κ1) is 13.5. The molecule has 3 nitrogen and oxygen atoms in total. The van der Waals surface area contributed by atoms with Gasteiger partial charge in [0, 0.05) is 26.7 Å². The largest absolute Gasteiger partial charge is 0.388 e. The van der Waals surface area contributed by atoms with Crippen LogP contribution in [0.1, 0.15) is 30.9 Å². The minimum atomic E-state index is -0.341. The number of hydrogen-bond donors (Lipinski definition) is 1. The molecule has 1 fully saturated rings. The topological polar surface area (TPSA) is 32.7 Å². The van der Waals surface area contributed by atoms with Crippen LogP contribution < -0.4 is 0 Å². The quantitative estimate of drug-likeness (QED) is 0.868. The summed E-state index contributed by atoms with van der Waals surface area (Å²) in [5.74, 6) is 0. The highest BCUT2D eigenvalue weighted by Gasteiger charge is 2.19. The summed E-state index contributed by atoms with van der Waals surface area (Å²) in [6, 6.07) is 9.90. The van der Waals surface area contributed by atoms with Crippen LogP contribution in [0.15, 0.2) is 30.3 Å². The van der Waals surface area contributed by atoms with Crippen molar-refractivity contribution in [1.29, 1.82) is 0 Å². The molecule has 1 heterocycles. The molecular formula is C15H23NO2. The summed E-state index contributed by atoms with van der Waals surface area (Å²) in [7, 11) is 1.79. The summed E-state index contributed by atoms with van der Waals surface area (Å²) in [5.41, 5.74) is 1.02. The molecule has 2 rings (SSSR count). The van der Waals surface area contributed by atoms with Crippen LogP contribution in [-0.2, 0) is 4.74 Å². The molecule has 0 spiro atoms. The van der Waals surface area contributed by atoms with Crippen molar-refractivity contribution in [2.24, 2.45) is 0 Å². The Morgan fingerprint density at radius 3 is 2.56 bits per heavy atom. The lowest BCUT2D eigenvalue weighted by atomic mass is 10.0. The van der Waals surface area contributed by atoms with Gasteiger partial charge in [-0.3, -0.25) is 0 Å². The van der Waals surface area contributed by atoms with E-state index >= 15 is 0 Å². The number of piperidine rings is 1. The summed E-state index contributed by atoms with van der Waals surface area (Å²) in [6.45, 7) is 3.13. The molecule has 18 heavy (non-hydrogen) atoms. The Morgan fingerprint density at radius 1 is 1.28 bits per heavy atom. The highest BCUT2D eigenvalue weighted by Crippen LogP contribution is 2.18. The number of aliphatic hydroxyl groups excluding tert-OH is 1. The Balaban J connectivity index is 1.72. The molecule has 1 atom stereocenters. The summed E-state index contributed by atoms with van der Waals surface area (Å²) >= 11 is 0. The van der Waals surface area contributed by atoms with E-state index in [9.17, 15) is 5.11 Å². The standard InChI is InChI=1S/C15H23NO2/c1-18-14-7-10-16(11-8-14)12-9-15(17)13-5-3-2-4-6-13/h2-6,14-15,17H,7-12H2,1H3. The van der Waals surface area contributed by atoms with E-state index in [-0.39, 0.29) is 6.10 Å². The highest BCUT2D eigenvalue weighted by atomic mass is 16.5. The maximum Gasteiger partial charge on any atom is 0.0802 e. The fourth-order valence-electron chi connectivity index (χ4n) is 2.52. The van der Waals surface area contributed by atoms with Gasteiger partial charge in [0.15, 0.2) is 0 Å². The van der Waals surface area contributed by atoms with Crippen molar-refractivity contribution in [2.75, 3.05) is 26.7 Å². The van der Waals surface area contributed by atoms with Gasteiger partial charge < -0.3 is 14.7 Å². The summed E-state index contributed by atoms with van der Waals surface area (Å²) < 4.78 is 5.36. The second-order valence-electron chi connectivity index (χ2n) is 4.99. The van der Waals surface area contributed by atoms with E-state index < -0.39 is 0 Å². The minimum Gasteiger partial charge on any atom is -0.388 e. The van der Waals surface area contributed by atoms with Crippen molar-refractivity contribution >= 4 is 0 Å². The van der Waals surface area contributed by atoms with Crippen molar-refractivity contribution in [3.63, 3.8) is 0 Å². The summed E-state index contributed by atoms with van der Waals surface area (Å²) in [5, 5.41) is 10.1. The van der Waals surface area contributed by atoms with E-state index in [0.29, 0.717) is 6.10 Å². The van der Waals surface area contributed by atoms with E-state index in [4.69, 9.17) is 4.74 Å². The number of methoxy groups -OCH3 is 1. The average molecular weight is 249 g/mol. The Hall–Kier alpha value is -0.900. The molecule has 1 aliphatic rings. The monoisotopic (exact) mass is 249 g/mol. The van der Waals surface area contributed by atoms with Gasteiger partial charge in [0.2, 0.25) is 0 Å². The number of aliphatic hydroxyl groups is 1. The predicted molar refractivity (Wildman–Crippen MR) is 72.5 cm³/mol. The summed E-state index contributed by atoms with van der Waals surface area (Å²) in [4.78, 5) is 2.42. The number of benzene rings is 1. The maximum absolute atomic E-state index is 10.1. The molecule has 1 N–H and O–H groups in total. The molecule has 0 radical (unpaired) electrons. The number of nitrogens with zero attached hydrogens (tertiary/aromatic N) is 1. The molecule has 0 aliphatic carbocycles. The van der Waals surface area contributed by atoms with Crippen LogP contribution in [0.3, 0.4) is 0 Å². The van der Waals surface area contributed by atoms with Crippen molar-refractivity contribution < 1.29 is 9.84 Å². The lowest BCUT2D eigenvalue weighted by Gasteiger charge is -2.31. The number of ether oxygens (including phenoxy) is 1. The third-order valence-corrected chi connectivity index (χ3v) is 3.77. The first-order chi connectivity index (χ1) is 8.79. The van der Waals surface area contributed by atoms with E-state index in [1.807, 2.05) is 30.3 Å². The van der Waals surface area contributed by atoms with Crippen LogP contribution in [0.2, 0.25) is 0 Å². The lowest BCUT2D eigenvalue weighted by Crippen LogP contribution is -2.37. The highest BCUT2D eigenvalue weighted by molar-refractivity contribution is 5.17. The molecule has 1 saturated heterocycles. The maximum atomic E-state index is 10.1. The van der Waals surface area contributed by atoms with Crippen LogP contribution in [0.25, 0.3) is 0 Å². The lowest BCUT2D eigenvalue weighted by molar-refractivity contribution is 0.0361. The summed E-state index contributed by atoms with van der Waals surface area (Å²) in [6.07, 6.45) is 3.11. The molecule has 3 heteroatoms. The zero-order valence-electron chi connectivity index (χ0n) is 11.1. The Kier molecular flexibility index (Phi) is 5.17. The molecule has 100 valence electrons. The fourth-order valence-corrected chi connectivity index (χ4v) is 2.52. The van der Waals surface area contributed by atoms with Crippen molar-refractivity contribution in [3.8, 4) is 0 Å². The molecular weight excluding hydrogens is 226 g/mol. The van der Waals surface area contributed by atoms with Crippen LogP contribution in [0.5, 0.6) is 0 Å². The average Bonchev–Trinajstić information content (AvgIpc) is 2.46. The second kappa shape index (κ2) is 6.88. The van der Waals surface area contributed by atoms with E-state index in [1.165, 1.54) is 0 Å². The number of rotatable bonds is 5. The van der Waals surface area contributed by atoms with E-state index in [1.54, 1.807) is 7.11 Å². The third kappa shape index (κ3) is 3.80. The predicted octanol–water partition coefficient (Wildman–Crippen LogP) is 2.22. The Labute approximate surface area is 109 Å². The number of hydrogen-bond acceptors (Lipinski definition) is 3. The van der Waals surface area contributed by atoms with Gasteiger partial charge in [0.25, 0.3) is 0 Å². The zero-order chi connectivity index (χ0) is 12.8. The molecule has 1 aromatic rings. The third-order valence-electron chi connectivity index (χ3n) is 3.77. The number of likely N-dealkylation sites (tertiary alicyclic amines) is 1. The van der Waals surface area contributed by atoms with Crippen LogP contribution in [-0.4, -0.2) is 42.9 Å². The Morgan fingerprint density at radius 2 is 1.94 bits per heavy atom. The smallest absolute Gasteiger partial charge is 0.0802 e. The first-order valence-electron chi connectivity index (χ1n) is 6.77.